The highest BCUT2D eigenvalue weighted by Gasteiger charge is 2.27. The molecule has 1 aromatic heterocycles. The Morgan fingerprint density at radius 2 is 1.72 bits per heavy atom. The minimum absolute atomic E-state index is 0.147. The van der Waals surface area contributed by atoms with E-state index in [1.807, 2.05) is 30.3 Å². The fraction of sp³-hybridized carbons (Fsp3) is 0.217. The number of carbonyl (C=O) groups excluding carboxylic acids is 3. The van der Waals surface area contributed by atoms with Gasteiger partial charge >= 0.3 is 5.97 Å². The number of anilines is 1. The average molecular weight is 437 g/mol. The quantitative estimate of drug-likeness (QED) is 0.328. The first kappa shape index (κ1) is 22.5. The van der Waals surface area contributed by atoms with Crippen molar-refractivity contribution < 1.29 is 28.6 Å². The van der Waals surface area contributed by atoms with Crippen molar-refractivity contribution in [1.29, 1.82) is 0 Å². The van der Waals surface area contributed by atoms with Crippen LogP contribution in [-0.2, 0) is 14.3 Å². The number of benzene rings is 2. The van der Waals surface area contributed by atoms with Crippen LogP contribution in [0.3, 0.4) is 0 Å². The number of methoxy groups -OCH3 is 2. The van der Waals surface area contributed by atoms with Crippen molar-refractivity contribution in [2.24, 2.45) is 0 Å². The largest absolute Gasteiger partial charge is 0.497 e. The second-order valence-electron chi connectivity index (χ2n) is 6.81. The number of nitrogens with zero attached hydrogens (tertiary/aromatic N) is 2. The summed E-state index contributed by atoms with van der Waals surface area (Å²) in [4.78, 5) is 37.3. The van der Waals surface area contributed by atoms with E-state index in [9.17, 15) is 14.4 Å². The molecule has 3 rings (SSSR count). The zero-order valence-corrected chi connectivity index (χ0v) is 18.2. The Balaban J connectivity index is 1.68. The molecule has 32 heavy (non-hydrogen) atoms. The second kappa shape index (κ2) is 9.78. The Morgan fingerprint density at radius 3 is 2.38 bits per heavy atom. The topological polar surface area (TPSA) is 109 Å². The van der Waals surface area contributed by atoms with E-state index in [0.717, 1.165) is 5.69 Å². The maximum Gasteiger partial charge on any atom is 0.380 e. The summed E-state index contributed by atoms with van der Waals surface area (Å²) in [6, 6.07) is 14.1. The predicted octanol–water partition coefficient (Wildman–Crippen LogP) is 2.87. The van der Waals surface area contributed by atoms with Gasteiger partial charge in [0, 0.05) is 6.07 Å². The lowest BCUT2D eigenvalue weighted by Gasteiger charge is -2.12. The van der Waals surface area contributed by atoms with Gasteiger partial charge in [-0.25, -0.2) is 9.48 Å². The van der Waals surface area contributed by atoms with Crippen molar-refractivity contribution in [3.05, 3.63) is 65.5 Å². The first-order valence-electron chi connectivity index (χ1n) is 9.70. The molecule has 0 aliphatic heterocycles. The van der Waals surface area contributed by atoms with Gasteiger partial charge in [0.15, 0.2) is 6.61 Å². The van der Waals surface area contributed by atoms with Crippen molar-refractivity contribution >= 4 is 23.3 Å². The van der Waals surface area contributed by atoms with Gasteiger partial charge in [-0.3, -0.25) is 9.59 Å². The van der Waals surface area contributed by atoms with Crippen LogP contribution in [0.25, 0.3) is 5.69 Å². The van der Waals surface area contributed by atoms with E-state index in [-0.39, 0.29) is 5.56 Å². The van der Waals surface area contributed by atoms with Gasteiger partial charge in [-0.2, -0.15) is 5.10 Å². The number of hydrogen-bond acceptors (Lipinski definition) is 7. The average Bonchev–Trinajstić information content (AvgIpc) is 3.11. The lowest BCUT2D eigenvalue weighted by atomic mass is 10.1. The van der Waals surface area contributed by atoms with Crippen LogP contribution in [0.1, 0.15) is 21.7 Å². The normalized spacial score (nSPS) is 10.4. The molecule has 0 spiro atoms. The number of carbonyl (C=O) groups is 3. The van der Waals surface area contributed by atoms with Crippen LogP contribution in [-0.4, -0.2) is 48.3 Å². The van der Waals surface area contributed by atoms with Crippen molar-refractivity contribution in [1.82, 2.24) is 9.78 Å². The highest BCUT2D eigenvalue weighted by molar-refractivity contribution is 6.41. The standard InChI is InChI=1S/C23H23N3O6/c1-14-21(15(2)26(25-14)16-8-6-5-7-9-16)22(28)23(29)32-13-20(27)24-18-12-17(30-3)10-11-19(18)31-4/h5-12H,13H2,1-4H3,(H,24,27). The molecule has 0 atom stereocenters. The van der Waals surface area contributed by atoms with Gasteiger partial charge in [-0.15, -0.1) is 0 Å². The molecule has 1 amide bonds. The van der Waals surface area contributed by atoms with E-state index in [0.29, 0.717) is 28.6 Å². The number of aryl methyl sites for hydroxylation is 1. The fourth-order valence-corrected chi connectivity index (χ4v) is 3.19. The van der Waals surface area contributed by atoms with Crippen molar-refractivity contribution in [3.8, 4) is 17.2 Å². The zero-order valence-electron chi connectivity index (χ0n) is 18.2. The van der Waals surface area contributed by atoms with E-state index < -0.39 is 24.3 Å². The van der Waals surface area contributed by atoms with Gasteiger partial charge in [0.1, 0.15) is 11.5 Å². The van der Waals surface area contributed by atoms with E-state index >= 15 is 0 Å². The minimum Gasteiger partial charge on any atom is -0.497 e. The molecule has 9 heteroatoms. The summed E-state index contributed by atoms with van der Waals surface area (Å²) in [5, 5.41) is 6.92. The molecular weight excluding hydrogens is 414 g/mol. The molecule has 0 aliphatic carbocycles. The third-order valence-corrected chi connectivity index (χ3v) is 4.72. The van der Waals surface area contributed by atoms with Gasteiger partial charge < -0.3 is 19.5 Å². The Bertz CT molecular complexity index is 1150. The van der Waals surface area contributed by atoms with Crippen molar-refractivity contribution in [2.45, 2.75) is 13.8 Å². The first-order chi connectivity index (χ1) is 15.3. The van der Waals surface area contributed by atoms with Crippen LogP contribution in [0.15, 0.2) is 48.5 Å². The highest BCUT2D eigenvalue weighted by Crippen LogP contribution is 2.28. The SMILES string of the molecule is COc1ccc(OC)c(NC(=O)COC(=O)C(=O)c2c(C)nn(-c3ccccc3)c2C)c1. The number of hydrogen-bond donors (Lipinski definition) is 1. The summed E-state index contributed by atoms with van der Waals surface area (Å²) in [6.07, 6.45) is 0. The van der Waals surface area contributed by atoms with Crippen LogP contribution < -0.4 is 14.8 Å². The summed E-state index contributed by atoms with van der Waals surface area (Å²) >= 11 is 0. The number of para-hydroxylation sites is 1. The molecule has 0 aliphatic rings. The summed E-state index contributed by atoms with van der Waals surface area (Å²) in [5.41, 5.74) is 2.14. The van der Waals surface area contributed by atoms with Crippen molar-refractivity contribution in [2.75, 3.05) is 26.1 Å². The Labute approximate surface area is 184 Å². The molecular formula is C23H23N3O6. The molecule has 2 aromatic carbocycles. The Kier molecular flexibility index (Phi) is 6.89. The summed E-state index contributed by atoms with van der Waals surface area (Å²) < 4.78 is 16.8. The number of amides is 1. The van der Waals surface area contributed by atoms with E-state index in [4.69, 9.17) is 14.2 Å². The van der Waals surface area contributed by atoms with Crippen LogP contribution in [0.4, 0.5) is 5.69 Å². The molecule has 0 fully saturated rings. The molecule has 0 saturated heterocycles. The van der Waals surface area contributed by atoms with Gasteiger partial charge in [0.25, 0.3) is 11.7 Å². The summed E-state index contributed by atoms with van der Waals surface area (Å²) in [5.74, 6) is -1.73. The molecule has 0 saturated carbocycles. The first-order valence-corrected chi connectivity index (χ1v) is 9.70. The van der Waals surface area contributed by atoms with Crippen LogP contribution in [0, 0.1) is 13.8 Å². The van der Waals surface area contributed by atoms with Crippen LogP contribution in [0.2, 0.25) is 0 Å². The monoisotopic (exact) mass is 437 g/mol. The number of ketones is 1. The number of Topliss-reactive ketones (excluding diaryl/α,β-unsaturated/α-hetero) is 1. The molecule has 0 unspecified atom stereocenters. The van der Waals surface area contributed by atoms with Gasteiger partial charge in [-0.1, -0.05) is 18.2 Å². The number of aromatic nitrogens is 2. The van der Waals surface area contributed by atoms with E-state index in [1.165, 1.54) is 14.2 Å². The maximum atomic E-state index is 12.7. The smallest absolute Gasteiger partial charge is 0.380 e. The predicted molar refractivity (Wildman–Crippen MR) is 117 cm³/mol. The number of ether oxygens (including phenoxy) is 3. The summed E-state index contributed by atoms with van der Waals surface area (Å²) in [7, 11) is 2.95. The third kappa shape index (κ3) is 4.77. The zero-order chi connectivity index (χ0) is 23.3. The molecule has 166 valence electrons. The lowest BCUT2D eigenvalue weighted by Crippen LogP contribution is -2.25. The maximum absolute atomic E-state index is 12.7. The van der Waals surface area contributed by atoms with Crippen LogP contribution >= 0.6 is 0 Å². The molecule has 1 N–H and O–H groups in total. The summed E-state index contributed by atoms with van der Waals surface area (Å²) in [6.45, 7) is 2.68. The van der Waals surface area contributed by atoms with Crippen molar-refractivity contribution in [3.63, 3.8) is 0 Å². The molecule has 0 bridgehead atoms. The Morgan fingerprint density at radius 1 is 1.00 bits per heavy atom. The van der Waals surface area contributed by atoms with Gasteiger partial charge in [0.05, 0.1) is 42.5 Å². The van der Waals surface area contributed by atoms with E-state index in [2.05, 4.69) is 10.4 Å². The van der Waals surface area contributed by atoms with Gasteiger partial charge in [0.2, 0.25) is 0 Å². The van der Waals surface area contributed by atoms with E-state index in [1.54, 1.807) is 36.7 Å². The third-order valence-electron chi connectivity index (χ3n) is 4.72. The lowest BCUT2D eigenvalue weighted by molar-refractivity contribution is -0.142. The minimum atomic E-state index is -1.14. The number of nitrogens with one attached hydrogen (secondary N) is 1. The highest BCUT2D eigenvalue weighted by atomic mass is 16.5. The number of esters is 1. The molecule has 0 radical (unpaired) electrons. The fourth-order valence-electron chi connectivity index (χ4n) is 3.19. The Hall–Kier alpha value is -4.14. The molecule has 9 nitrogen and oxygen atoms in total. The molecule has 1 heterocycles. The van der Waals surface area contributed by atoms with Crippen LogP contribution in [0.5, 0.6) is 11.5 Å². The second-order valence-corrected chi connectivity index (χ2v) is 6.81. The number of rotatable bonds is 8. The van der Waals surface area contributed by atoms with Gasteiger partial charge in [-0.05, 0) is 38.1 Å². The molecule has 3 aromatic rings.